The first kappa shape index (κ1) is 12.5. The van der Waals surface area contributed by atoms with E-state index in [1.165, 1.54) is 0 Å². The highest BCUT2D eigenvalue weighted by molar-refractivity contribution is 5.38. The van der Waals surface area contributed by atoms with E-state index in [0.717, 1.165) is 16.9 Å². The van der Waals surface area contributed by atoms with Crippen LogP contribution in [0.4, 0.5) is 0 Å². The predicted molar refractivity (Wildman–Crippen MR) is 61.2 cm³/mol. The Morgan fingerprint density at radius 1 is 1.56 bits per heavy atom. The fraction of sp³-hybridized carbons (Fsp3) is 0.417. The minimum Gasteiger partial charge on any atom is -0.496 e. The second-order valence-corrected chi connectivity index (χ2v) is 3.47. The molecule has 0 radical (unpaired) electrons. The number of nitriles is 1. The first-order valence-corrected chi connectivity index (χ1v) is 5.11. The van der Waals surface area contributed by atoms with Crippen molar-refractivity contribution < 1.29 is 9.84 Å². The lowest BCUT2D eigenvalue weighted by Crippen LogP contribution is -2.23. The molecule has 0 heterocycles. The maximum atomic E-state index is 9.00. The van der Waals surface area contributed by atoms with Gasteiger partial charge in [0.15, 0.2) is 0 Å². The van der Waals surface area contributed by atoms with Gasteiger partial charge in [-0.2, -0.15) is 5.26 Å². The third-order valence-electron chi connectivity index (χ3n) is 2.34. The van der Waals surface area contributed by atoms with E-state index in [4.69, 9.17) is 15.1 Å². The molecule has 1 aromatic carbocycles. The molecule has 1 aromatic rings. The van der Waals surface area contributed by atoms with Crippen molar-refractivity contribution in [1.82, 2.24) is 5.32 Å². The molecule has 0 bridgehead atoms. The molecule has 0 aliphatic rings. The lowest BCUT2D eigenvalue weighted by molar-refractivity contribution is 0.289. The average molecular weight is 220 g/mol. The standard InChI is InChI=1S/C12H16N2O2/c1-9-7-10(3-4-12(9)16-2)11(8-13)14-5-6-15/h3-4,7,11,14-15H,5-6H2,1-2H3. The van der Waals surface area contributed by atoms with Gasteiger partial charge in [-0.15, -0.1) is 0 Å². The van der Waals surface area contributed by atoms with Crippen molar-refractivity contribution in [3.8, 4) is 11.8 Å². The van der Waals surface area contributed by atoms with Gasteiger partial charge in [-0.25, -0.2) is 0 Å². The Balaban J connectivity index is 2.86. The summed E-state index contributed by atoms with van der Waals surface area (Å²) < 4.78 is 5.15. The Labute approximate surface area is 95.5 Å². The van der Waals surface area contributed by atoms with Gasteiger partial charge in [0, 0.05) is 6.54 Å². The number of benzene rings is 1. The van der Waals surface area contributed by atoms with Crippen molar-refractivity contribution in [1.29, 1.82) is 5.26 Å². The molecule has 2 N–H and O–H groups in total. The van der Waals surface area contributed by atoms with Crippen molar-refractivity contribution in [3.05, 3.63) is 29.3 Å². The van der Waals surface area contributed by atoms with Crippen molar-refractivity contribution in [2.75, 3.05) is 20.3 Å². The maximum absolute atomic E-state index is 9.00. The topological polar surface area (TPSA) is 65.3 Å². The third kappa shape index (κ3) is 2.96. The molecule has 0 fully saturated rings. The summed E-state index contributed by atoms with van der Waals surface area (Å²) in [7, 11) is 1.62. The summed E-state index contributed by atoms with van der Waals surface area (Å²) in [5, 5.41) is 20.6. The molecule has 0 aromatic heterocycles. The number of ether oxygens (including phenoxy) is 1. The first-order chi connectivity index (χ1) is 7.72. The maximum Gasteiger partial charge on any atom is 0.121 e. The first-order valence-electron chi connectivity index (χ1n) is 5.11. The van der Waals surface area contributed by atoms with Crippen LogP contribution in [0.3, 0.4) is 0 Å². The molecule has 0 saturated carbocycles. The second-order valence-electron chi connectivity index (χ2n) is 3.47. The van der Waals surface area contributed by atoms with Gasteiger partial charge in [0.25, 0.3) is 0 Å². The molecule has 0 aliphatic heterocycles. The van der Waals surface area contributed by atoms with Gasteiger partial charge >= 0.3 is 0 Å². The summed E-state index contributed by atoms with van der Waals surface area (Å²) in [6, 6.07) is 7.37. The van der Waals surface area contributed by atoms with Gasteiger partial charge in [0.2, 0.25) is 0 Å². The quantitative estimate of drug-likeness (QED) is 0.781. The average Bonchev–Trinajstić information content (AvgIpc) is 2.30. The summed E-state index contributed by atoms with van der Waals surface area (Å²) in [4.78, 5) is 0. The zero-order chi connectivity index (χ0) is 12.0. The molecule has 0 aliphatic carbocycles. The van der Waals surface area contributed by atoms with Crippen molar-refractivity contribution >= 4 is 0 Å². The normalized spacial score (nSPS) is 11.9. The van der Waals surface area contributed by atoms with E-state index in [9.17, 15) is 0 Å². The molecule has 1 atom stereocenters. The Kier molecular flexibility index (Phi) is 4.77. The largest absolute Gasteiger partial charge is 0.496 e. The summed E-state index contributed by atoms with van der Waals surface area (Å²) in [6.45, 7) is 2.36. The Bertz CT molecular complexity index is 385. The van der Waals surface area contributed by atoms with E-state index in [-0.39, 0.29) is 6.61 Å². The monoisotopic (exact) mass is 220 g/mol. The van der Waals surface area contributed by atoms with Crippen LogP contribution >= 0.6 is 0 Å². The number of methoxy groups -OCH3 is 1. The molecule has 0 saturated heterocycles. The highest BCUT2D eigenvalue weighted by atomic mass is 16.5. The van der Waals surface area contributed by atoms with E-state index in [0.29, 0.717) is 6.54 Å². The summed E-state index contributed by atoms with van der Waals surface area (Å²) in [5.74, 6) is 0.808. The SMILES string of the molecule is COc1ccc(C(C#N)NCCO)cc1C. The summed E-state index contributed by atoms with van der Waals surface area (Å²) in [5.41, 5.74) is 1.88. The molecule has 4 heteroatoms. The van der Waals surface area contributed by atoms with E-state index in [1.54, 1.807) is 7.11 Å². The number of nitrogens with one attached hydrogen (secondary N) is 1. The van der Waals surface area contributed by atoms with Gasteiger partial charge in [0.1, 0.15) is 11.8 Å². The molecule has 0 amide bonds. The van der Waals surface area contributed by atoms with Crippen LogP contribution in [0.5, 0.6) is 5.75 Å². The molecular weight excluding hydrogens is 204 g/mol. The summed E-state index contributed by atoms with van der Waals surface area (Å²) >= 11 is 0. The van der Waals surface area contributed by atoms with Crippen LogP contribution < -0.4 is 10.1 Å². The van der Waals surface area contributed by atoms with Crippen LogP contribution in [0.2, 0.25) is 0 Å². The smallest absolute Gasteiger partial charge is 0.121 e. The van der Waals surface area contributed by atoms with Gasteiger partial charge in [0.05, 0.1) is 19.8 Å². The lowest BCUT2D eigenvalue weighted by Gasteiger charge is -2.13. The van der Waals surface area contributed by atoms with Gasteiger partial charge in [-0.1, -0.05) is 6.07 Å². The molecule has 1 unspecified atom stereocenters. The van der Waals surface area contributed by atoms with Crippen LogP contribution in [0.15, 0.2) is 18.2 Å². The Morgan fingerprint density at radius 2 is 2.31 bits per heavy atom. The zero-order valence-electron chi connectivity index (χ0n) is 9.53. The highest BCUT2D eigenvalue weighted by Crippen LogP contribution is 2.22. The highest BCUT2D eigenvalue weighted by Gasteiger charge is 2.10. The minimum atomic E-state index is -0.392. The van der Waals surface area contributed by atoms with E-state index >= 15 is 0 Å². The molecular formula is C12H16N2O2. The number of hydrogen-bond acceptors (Lipinski definition) is 4. The number of aliphatic hydroxyl groups is 1. The Morgan fingerprint density at radius 3 is 2.81 bits per heavy atom. The lowest BCUT2D eigenvalue weighted by atomic mass is 10.0. The van der Waals surface area contributed by atoms with E-state index in [1.807, 2.05) is 25.1 Å². The van der Waals surface area contributed by atoms with Gasteiger partial charge < -0.3 is 9.84 Å². The number of aryl methyl sites for hydroxylation is 1. The fourth-order valence-corrected chi connectivity index (χ4v) is 1.53. The van der Waals surface area contributed by atoms with E-state index < -0.39 is 6.04 Å². The van der Waals surface area contributed by atoms with Crippen LogP contribution in [0.25, 0.3) is 0 Å². The minimum absolute atomic E-state index is 0.0211. The molecule has 86 valence electrons. The number of nitrogens with zero attached hydrogens (tertiary/aromatic N) is 1. The Hall–Kier alpha value is -1.57. The van der Waals surface area contributed by atoms with Gasteiger partial charge in [-0.05, 0) is 30.2 Å². The van der Waals surface area contributed by atoms with E-state index in [2.05, 4.69) is 11.4 Å². The molecule has 4 nitrogen and oxygen atoms in total. The number of rotatable bonds is 5. The van der Waals surface area contributed by atoms with Crippen LogP contribution in [0, 0.1) is 18.3 Å². The molecule has 0 spiro atoms. The zero-order valence-corrected chi connectivity index (χ0v) is 9.53. The van der Waals surface area contributed by atoms with Crippen LogP contribution in [-0.4, -0.2) is 25.4 Å². The number of hydrogen-bond donors (Lipinski definition) is 2. The second kappa shape index (κ2) is 6.11. The summed E-state index contributed by atoms with van der Waals surface area (Å²) in [6.07, 6.45) is 0. The van der Waals surface area contributed by atoms with Crippen LogP contribution in [0.1, 0.15) is 17.2 Å². The fourth-order valence-electron chi connectivity index (χ4n) is 1.53. The van der Waals surface area contributed by atoms with Crippen molar-refractivity contribution in [2.24, 2.45) is 0 Å². The van der Waals surface area contributed by atoms with Crippen molar-refractivity contribution in [3.63, 3.8) is 0 Å². The van der Waals surface area contributed by atoms with Crippen LogP contribution in [-0.2, 0) is 0 Å². The number of aliphatic hydroxyl groups excluding tert-OH is 1. The van der Waals surface area contributed by atoms with Crippen molar-refractivity contribution in [2.45, 2.75) is 13.0 Å². The third-order valence-corrected chi connectivity index (χ3v) is 2.34. The predicted octanol–water partition coefficient (Wildman–Crippen LogP) is 1.15. The van der Waals surface area contributed by atoms with Gasteiger partial charge in [-0.3, -0.25) is 5.32 Å². The molecule has 1 rings (SSSR count). The molecule has 16 heavy (non-hydrogen) atoms.